The predicted octanol–water partition coefficient (Wildman–Crippen LogP) is 3.06. The van der Waals surface area contributed by atoms with E-state index in [-0.39, 0.29) is 0 Å². The molecule has 0 radical (unpaired) electrons. The van der Waals surface area contributed by atoms with Gasteiger partial charge in [-0.1, -0.05) is 60.7 Å². The van der Waals surface area contributed by atoms with Gasteiger partial charge in [0.2, 0.25) is 0 Å². The molecule has 25 heavy (non-hydrogen) atoms. The largest absolute Gasteiger partial charge is 0.463 e. The monoisotopic (exact) mass is 334 g/mol. The molecular weight excluding hydrogens is 316 g/mol. The first-order valence-corrected chi connectivity index (χ1v) is 7.84. The number of rotatable bonds is 5. The minimum absolute atomic E-state index is 0.463. The van der Waals surface area contributed by atoms with Gasteiger partial charge in [0.1, 0.15) is 11.5 Å². The SMILES string of the molecule is CC(=NNC(=O)C(O)(c1ccccc1)c1ccccc1)c1ccco1. The zero-order valence-corrected chi connectivity index (χ0v) is 13.7. The first kappa shape index (κ1) is 16.7. The smallest absolute Gasteiger partial charge is 0.281 e. The molecule has 0 fully saturated rings. The van der Waals surface area contributed by atoms with Crippen molar-refractivity contribution in [3.63, 3.8) is 0 Å². The van der Waals surface area contributed by atoms with E-state index < -0.39 is 11.5 Å². The van der Waals surface area contributed by atoms with E-state index in [0.717, 1.165) is 0 Å². The maximum atomic E-state index is 12.8. The zero-order chi connectivity index (χ0) is 17.7. The highest BCUT2D eigenvalue weighted by molar-refractivity contribution is 5.98. The summed E-state index contributed by atoms with van der Waals surface area (Å²) in [5.74, 6) is -0.0981. The van der Waals surface area contributed by atoms with Crippen molar-refractivity contribution >= 4 is 11.6 Å². The molecule has 5 nitrogen and oxygen atoms in total. The van der Waals surface area contributed by atoms with Gasteiger partial charge in [0.25, 0.3) is 5.91 Å². The lowest BCUT2D eigenvalue weighted by atomic mass is 9.85. The maximum Gasteiger partial charge on any atom is 0.281 e. The Kier molecular flexibility index (Phi) is 4.77. The van der Waals surface area contributed by atoms with E-state index in [0.29, 0.717) is 22.6 Å². The number of benzene rings is 2. The molecule has 2 aromatic carbocycles. The molecule has 0 spiro atoms. The highest BCUT2D eigenvalue weighted by Crippen LogP contribution is 2.29. The average molecular weight is 334 g/mol. The fourth-order valence-corrected chi connectivity index (χ4v) is 2.54. The maximum absolute atomic E-state index is 12.8. The number of furan rings is 1. The summed E-state index contributed by atoms with van der Waals surface area (Å²) < 4.78 is 5.24. The van der Waals surface area contributed by atoms with Gasteiger partial charge in [0.05, 0.1) is 6.26 Å². The van der Waals surface area contributed by atoms with E-state index in [1.807, 2.05) is 12.1 Å². The molecule has 1 heterocycles. The Balaban J connectivity index is 1.95. The molecule has 3 aromatic rings. The molecule has 0 unspecified atom stereocenters. The van der Waals surface area contributed by atoms with E-state index in [4.69, 9.17) is 4.42 Å². The Morgan fingerprint density at radius 3 is 2.00 bits per heavy atom. The Morgan fingerprint density at radius 1 is 0.960 bits per heavy atom. The summed E-state index contributed by atoms with van der Waals surface area (Å²) in [6, 6.07) is 21.0. The minimum Gasteiger partial charge on any atom is -0.463 e. The first-order valence-electron chi connectivity index (χ1n) is 7.84. The Hall–Kier alpha value is -3.18. The van der Waals surface area contributed by atoms with Gasteiger partial charge in [-0.2, -0.15) is 5.10 Å². The van der Waals surface area contributed by atoms with Crippen LogP contribution in [0.5, 0.6) is 0 Å². The van der Waals surface area contributed by atoms with Gasteiger partial charge >= 0.3 is 0 Å². The van der Waals surface area contributed by atoms with Gasteiger partial charge in [0.15, 0.2) is 5.60 Å². The van der Waals surface area contributed by atoms with Gasteiger partial charge in [-0.15, -0.1) is 0 Å². The minimum atomic E-state index is -1.85. The van der Waals surface area contributed by atoms with E-state index in [2.05, 4.69) is 10.5 Å². The molecule has 3 rings (SSSR count). The number of carbonyl (C=O) groups excluding carboxylic acids is 1. The molecule has 0 saturated heterocycles. The fourth-order valence-electron chi connectivity index (χ4n) is 2.54. The molecule has 1 amide bonds. The molecule has 126 valence electrons. The second kappa shape index (κ2) is 7.15. The van der Waals surface area contributed by atoms with Crippen molar-refractivity contribution < 1.29 is 14.3 Å². The first-order chi connectivity index (χ1) is 12.1. The van der Waals surface area contributed by atoms with Gasteiger partial charge in [-0.05, 0) is 30.2 Å². The van der Waals surface area contributed by atoms with E-state index in [1.54, 1.807) is 67.6 Å². The molecule has 0 atom stereocenters. The topological polar surface area (TPSA) is 74.8 Å². The van der Waals surface area contributed by atoms with Gasteiger partial charge in [-0.25, -0.2) is 5.43 Å². The number of nitrogens with one attached hydrogen (secondary N) is 1. The summed E-state index contributed by atoms with van der Waals surface area (Å²) in [5.41, 5.74) is 2.02. The Morgan fingerprint density at radius 2 is 1.52 bits per heavy atom. The molecule has 2 N–H and O–H groups in total. The van der Waals surface area contributed by atoms with E-state index in [1.165, 1.54) is 6.26 Å². The third-order valence-electron chi connectivity index (χ3n) is 3.91. The summed E-state index contributed by atoms with van der Waals surface area (Å²) >= 11 is 0. The van der Waals surface area contributed by atoms with Crippen LogP contribution in [0.4, 0.5) is 0 Å². The molecule has 0 aliphatic heterocycles. The lowest BCUT2D eigenvalue weighted by Crippen LogP contribution is -2.43. The van der Waals surface area contributed by atoms with Gasteiger partial charge in [0, 0.05) is 0 Å². The highest BCUT2D eigenvalue weighted by atomic mass is 16.3. The normalized spacial score (nSPS) is 12.0. The number of hydrogen-bond donors (Lipinski definition) is 2. The summed E-state index contributed by atoms with van der Waals surface area (Å²) in [7, 11) is 0. The van der Waals surface area contributed by atoms with Gasteiger partial charge < -0.3 is 9.52 Å². The Bertz CT molecular complexity index is 817. The second-order valence-electron chi connectivity index (χ2n) is 5.56. The van der Waals surface area contributed by atoms with Crippen molar-refractivity contribution in [3.05, 3.63) is 95.9 Å². The molecule has 0 saturated carbocycles. The van der Waals surface area contributed by atoms with E-state index in [9.17, 15) is 9.90 Å². The lowest BCUT2D eigenvalue weighted by molar-refractivity contribution is -0.136. The number of aliphatic hydroxyl groups is 1. The lowest BCUT2D eigenvalue weighted by Gasteiger charge is -2.27. The van der Waals surface area contributed by atoms with Crippen molar-refractivity contribution in [3.8, 4) is 0 Å². The van der Waals surface area contributed by atoms with E-state index >= 15 is 0 Å². The summed E-state index contributed by atoms with van der Waals surface area (Å²) in [6.07, 6.45) is 1.53. The number of amides is 1. The second-order valence-corrected chi connectivity index (χ2v) is 5.56. The molecule has 0 aliphatic rings. The summed E-state index contributed by atoms with van der Waals surface area (Å²) in [4.78, 5) is 12.8. The van der Waals surface area contributed by atoms with Crippen molar-refractivity contribution in [2.75, 3.05) is 0 Å². The van der Waals surface area contributed by atoms with Gasteiger partial charge in [-0.3, -0.25) is 4.79 Å². The van der Waals surface area contributed by atoms with Crippen LogP contribution in [0.25, 0.3) is 0 Å². The fraction of sp³-hybridized carbons (Fsp3) is 0.100. The van der Waals surface area contributed by atoms with Crippen LogP contribution < -0.4 is 5.43 Å². The predicted molar refractivity (Wildman–Crippen MR) is 94.9 cm³/mol. The van der Waals surface area contributed by atoms with Crippen LogP contribution in [0.3, 0.4) is 0 Å². The van der Waals surface area contributed by atoms with Crippen molar-refractivity contribution in [1.82, 2.24) is 5.43 Å². The number of carbonyl (C=O) groups is 1. The van der Waals surface area contributed by atoms with Crippen LogP contribution in [0, 0.1) is 0 Å². The van der Waals surface area contributed by atoms with Crippen molar-refractivity contribution in [1.29, 1.82) is 0 Å². The molecule has 0 aliphatic carbocycles. The summed E-state index contributed by atoms with van der Waals surface area (Å²) in [6.45, 7) is 1.71. The Labute approximate surface area is 145 Å². The quantitative estimate of drug-likeness (QED) is 0.556. The molecule has 5 heteroatoms. The number of hydrogen-bond acceptors (Lipinski definition) is 4. The number of nitrogens with zero attached hydrogens (tertiary/aromatic N) is 1. The average Bonchev–Trinajstić information content (AvgIpc) is 3.21. The zero-order valence-electron chi connectivity index (χ0n) is 13.7. The molecular formula is C20H18N2O3. The summed E-state index contributed by atoms with van der Waals surface area (Å²) in [5, 5.41) is 15.3. The molecule has 0 bridgehead atoms. The third kappa shape index (κ3) is 3.36. The van der Waals surface area contributed by atoms with Crippen molar-refractivity contribution in [2.24, 2.45) is 5.10 Å². The van der Waals surface area contributed by atoms with Crippen LogP contribution in [0.2, 0.25) is 0 Å². The standard InChI is InChI=1S/C20H18N2O3/c1-15(18-13-8-14-25-18)21-22-19(23)20(24,16-9-4-2-5-10-16)17-11-6-3-7-12-17/h2-14,24H,1H3,(H,22,23). The van der Waals surface area contributed by atoms with Crippen molar-refractivity contribution in [2.45, 2.75) is 12.5 Å². The van der Waals surface area contributed by atoms with Crippen LogP contribution in [-0.2, 0) is 10.4 Å². The number of hydrazone groups is 1. The third-order valence-corrected chi connectivity index (χ3v) is 3.91. The van der Waals surface area contributed by atoms with Crippen LogP contribution in [0.15, 0.2) is 88.6 Å². The molecule has 1 aromatic heterocycles. The van der Waals surface area contributed by atoms with Crippen LogP contribution in [-0.4, -0.2) is 16.7 Å². The van der Waals surface area contributed by atoms with Crippen LogP contribution >= 0.6 is 0 Å². The van der Waals surface area contributed by atoms with Crippen LogP contribution in [0.1, 0.15) is 23.8 Å². The highest BCUT2D eigenvalue weighted by Gasteiger charge is 2.39.